The van der Waals surface area contributed by atoms with Crippen LogP contribution in [-0.4, -0.2) is 12.5 Å². The molecule has 1 rings (SSSR count). The zero-order valence-electron chi connectivity index (χ0n) is 8.38. The van der Waals surface area contributed by atoms with Crippen LogP contribution >= 0.6 is 0 Å². The molecule has 1 aliphatic heterocycles. The zero-order chi connectivity index (χ0) is 10.4. The number of hydrogen-bond donors (Lipinski definition) is 1. The number of nitrogens with one attached hydrogen (secondary N) is 1. The van der Waals surface area contributed by atoms with E-state index in [-0.39, 0.29) is 11.3 Å². The van der Waals surface area contributed by atoms with Crippen molar-refractivity contribution in [2.45, 2.75) is 32.1 Å². The Labute approximate surface area is 84.8 Å². The second-order valence-corrected chi connectivity index (χ2v) is 3.79. The van der Waals surface area contributed by atoms with E-state index in [9.17, 15) is 4.79 Å². The first-order valence-corrected chi connectivity index (χ1v) is 5.01. The van der Waals surface area contributed by atoms with Crippen LogP contribution in [0.1, 0.15) is 32.1 Å². The molecule has 0 radical (unpaired) electrons. The highest BCUT2D eigenvalue weighted by molar-refractivity contribution is 5.83. The molecule has 0 saturated carbocycles. The van der Waals surface area contributed by atoms with Gasteiger partial charge in [0, 0.05) is 13.0 Å². The summed E-state index contributed by atoms with van der Waals surface area (Å²) in [6, 6.07) is 2.10. The van der Waals surface area contributed by atoms with Crippen LogP contribution in [0.2, 0.25) is 0 Å². The van der Waals surface area contributed by atoms with Crippen molar-refractivity contribution in [3.63, 3.8) is 0 Å². The molecule has 76 valence electrons. The fourth-order valence-corrected chi connectivity index (χ4v) is 2.04. The molecule has 0 unspecified atom stereocenters. The molecule has 0 aromatic heterocycles. The number of piperidine rings is 1. The van der Waals surface area contributed by atoms with E-state index < -0.39 is 0 Å². The van der Waals surface area contributed by atoms with Gasteiger partial charge in [-0.2, -0.15) is 5.26 Å². The Hall–Kier alpha value is -1.30. The molecule has 3 nitrogen and oxygen atoms in total. The second-order valence-electron chi connectivity index (χ2n) is 3.79. The van der Waals surface area contributed by atoms with Gasteiger partial charge in [-0.3, -0.25) is 4.79 Å². The van der Waals surface area contributed by atoms with Crippen molar-refractivity contribution < 1.29 is 4.79 Å². The average molecular weight is 192 g/mol. The number of carbonyl (C=O) groups excluding carboxylic acids is 1. The minimum Gasteiger partial charge on any atom is -0.356 e. The van der Waals surface area contributed by atoms with Crippen LogP contribution in [0.4, 0.5) is 0 Å². The molecule has 1 atom stereocenters. The van der Waals surface area contributed by atoms with Crippen molar-refractivity contribution in [3.05, 3.63) is 12.7 Å². The number of hydrogen-bond acceptors (Lipinski definition) is 2. The Kier molecular flexibility index (Phi) is 3.70. The Balaban J connectivity index is 2.72. The highest BCUT2D eigenvalue weighted by Crippen LogP contribution is 2.36. The predicted molar refractivity (Wildman–Crippen MR) is 54.3 cm³/mol. The summed E-state index contributed by atoms with van der Waals surface area (Å²) in [7, 11) is 0. The maximum Gasteiger partial charge on any atom is 0.226 e. The molecular weight excluding hydrogens is 176 g/mol. The molecule has 1 aliphatic rings. The standard InChI is InChI=1S/C11H16N2O/c1-2-5-11(6-3-8-12)7-4-9-13-10(11)14/h2H,1,3-7,9H2,(H,13,14)/t11-/m0/s1. The van der Waals surface area contributed by atoms with Crippen LogP contribution in [0.5, 0.6) is 0 Å². The van der Waals surface area contributed by atoms with Crippen LogP contribution in [0.15, 0.2) is 12.7 Å². The summed E-state index contributed by atoms with van der Waals surface area (Å²) in [6.45, 7) is 4.45. The normalized spacial score (nSPS) is 26.4. The first-order valence-electron chi connectivity index (χ1n) is 5.01. The van der Waals surface area contributed by atoms with Gasteiger partial charge < -0.3 is 5.32 Å². The molecule has 1 N–H and O–H groups in total. The van der Waals surface area contributed by atoms with E-state index in [0.29, 0.717) is 19.3 Å². The Bertz CT molecular complexity index is 267. The van der Waals surface area contributed by atoms with Crippen molar-refractivity contribution in [1.82, 2.24) is 5.32 Å². The first kappa shape index (κ1) is 10.8. The quantitative estimate of drug-likeness (QED) is 0.690. The third-order valence-corrected chi connectivity index (χ3v) is 2.85. The van der Waals surface area contributed by atoms with E-state index in [1.807, 2.05) is 0 Å². The third-order valence-electron chi connectivity index (χ3n) is 2.85. The van der Waals surface area contributed by atoms with Gasteiger partial charge in [-0.05, 0) is 25.7 Å². The number of allylic oxidation sites excluding steroid dienone is 1. The van der Waals surface area contributed by atoms with Gasteiger partial charge >= 0.3 is 0 Å². The van der Waals surface area contributed by atoms with Crippen LogP contribution in [0.25, 0.3) is 0 Å². The van der Waals surface area contributed by atoms with Gasteiger partial charge in [-0.15, -0.1) is 6.58 Å². The monoisotopic (exact) mass is 192 g/mol. The van der Waals surface area contributed by atoms with E-state index in [2.05, 4.69) is 18.0 Å². The molecule has 0 spiro atoms. The van der Waals surface area contributed by atoms with Crippen LogP contribution in [0.3, 0.4) is 0 Å². The molecule has 1 amide bonds. The number of carbonyl (C=O) groups is 1. The van der Waals surface area contributed by atoms with Gasteiger partial charge in [0.05, 0.1) is 11.5 Å². The lowest BCUT2D eigenvalue weighted by Crippen LogP contribution is -2.45. The van der Waals surface area contributed by atoms with Gasteiger partial charge in [0.2, 0.25) is 5.91 Å². The topological polar surface area (TPSA) is 52.9 Å². The summed E-state index contributed by atoms with van der Waals surface area (Å²) >= 11 is 0. The minimum absolute atomic E-state index is 0.0962. The molecule has 1 heterocycles. The number of nitrogens with zero attached hydrogens (tertiary/aromatic N) is 1. The summed E-state index contributed by atoms with van der Waals surface area (Å²) < 4.78 is 0. The number of amides is 1. The molecular formula is C11H16N2O. The van der Waals surface area contributed by atoms with E-state index in [1.54, 1.807) is 6.08 Å². The van der Waals surface area contributed by atoms with Gasteiger partial charge in [0.15, 0.2) is 0 Å². The summed E-state index contributed by atoms with van der Waals surface area (Å²) in [4.78, 5) is 11.7. The molecule has 1 fully saturated rings. The average Bonchev–Trinajstić information content (AvgIpc) is 2.20. The largest absolute Gasteiger partial charge is 0.356 e. The molecule has 3 heteroatoms. The van der Waals surface area contributed by atoms with Crippen molar-refractivity contribution >= 4 is 5.91 Å². The van der Waals surface area contributed by atoms with E-state index >= 15 is 0 Å². The molecule has 14 heavy (non-hydrogen) atoms. The maximum absolute atomic E-state index is 11.7. The van der Waals surface area contributed by atoms with Crippen LogP contribution in [-0.2, 0) is 4.79 Å². The lowest BCUT2D eigenvalue weighted by Gasteiger charge is -2.34. The van der Waals surface area contributed by atoms with Crippen molar-refractivity contribution in [1.29, 1.82) is 5.26 Å². The van der Waals surface area contributed by atoms with Crippen molar-refractivity contribution in [2.75, 3.05) is 6.54 Å². The maximum atomic E-state index is 11.7. The fraction of sp³-hybridized carbons (Fsp3) is 0.636. The third kappa shape index (κ3) is 2.14. The predicted octanol–water partition coefficient (Wildman–Crippen LogP) is 1.76. The first-order chi connectivity index (χ1) is 6.75. The van der Waals surface area contributed by atoms with Crippen LogP contribution in [0, 0.1) is 16.7 Å². The zero-order valence-corrected chi connectivity index (χ0v) is 8.38. The number of nitriles is 1. The Morgan fingerprint density at radius 2 is 2.50 bits per heavy atom. The molecule has 1 saturated heterocycles. The van der Waals surface area contributed by atoms with Gasteiger partial charge in [0.1, 0.15) is 0 Å². The minimum atomic E-state index is -0.351. The molecule has 0 aromatic rings. The molecule has 0 aromatic carbocycles. The molecule has 0 bridgehead atoms. The van der Waals surface area contributed by atoms with Gasteiger partial charge in [0.25, 0.3) is 0 Å². The summed E-state index contributed by atoms with van der Waals surface area (Å²) in [5.41, 5.74) is -0.351. The Morgan fingerprint density at radius 3 is 3.07 bits per heavy atom. The highest BCUT2D eigenvalue weighted by Gasteiger charge is 2.38. The Morgan fingerprint density at radius 1 is 1.71 bits per heavy atom. The van der Waals surface area contributed by atoms with E-state index in [1.165, 1.54) is 0 Å². The summed E-state index contributed by atoms with van der Waals surface area (Å²) in [5.74, 6) is 0.0962. The smallest absolute Gasteiger partial charge is 0.226 e. The van der Waals surface area contributed by atoms with Gasteiger partial charge in [-0.25, -0.2) is 0 Å². The van der Waals surface area contributed by atoms with E-state index in [0.717, 1.165) is 19.4 Å². The van der Waals surface area contributed by atoms with E-state index in [4.69, 9.17) is 5.26 Å². The van der Waals surface area contributed by atoms with Crippen molar-refractivity contribution in [3.8, 4) is 6.07 Å². The number of rotatable bonds is 4. The second kappa shape index (κ2) is 4.80. The lowest BCUT2D eigenvalue weighted by molar-refractivity contribution is -0.133. The fourth-order valence-electron chi connectivity index (χ4n) is 2.04. The van der Waals surface area contributed by atoms with Gasteiger partial charge in [-0.1, -0.05) is 6.08 Å². The van der Waals surface area contributed by atoms with Crippen molar-refractivity contribution in [2.24, 2.45) is 5.41 Å². The molecule has 0 aliphatic carbocycles. The highest BCUT2D eigenvalue weighted by atomic mass is 16.2. The summed E-state index contributed by atoms with van der Waals surface area (Å²) in [5, 5.41) is 11.4. The van der Waals surface area contributed by atoms with Crippen LogP contribution < -0.4 is 5.32 Å². The SMILES string of the molecule is C=CC[C@]1(CCC#N)CCCNC1=O. The lowest BCUT2D eigenvalue weighted by atomic mass is 9.74. The summed E-state index contributed by atoms with van der Waals surface area (Å²) in [6.07, 6.45) is 5.45.